The summed E-state index contributed by atoms with van der Waals surface area (Å²) in [6.45, 7) is 5.57. The van der Waals surface area contributed by atoms with Crippen LogP contribution in [-0.4, -0.2) is 18.7 Å². The van der Waals surface area contributed by atoms with Gasteiger partial charge >= 0.3 is 0 Å². The van der Waals surface area contributed by atoms with Crippen LogP contribution in [0, 0.1) is 0 Å². The highest BCUT2D eigenvalue weighted by Crippen LogP contribution is 2.04. The summed E-state index contributed by atoms with van der Waals surface area (Å²) in [6, 6.07) is 0. The minimum absolute atomic E-state index is 0.139. The van der Waals surface area contributed by atoms with E-state index in [0.717, 1.165) is 18.4 Å². The second kappa shape index (κ2) is 4.51. The maximum absolute atomic E-state index is 10.2. The van der Waals surface area contributed by atoms with E-state index in [4.69, 9.17) is 4.55 Å². The number of unbranched alkanes of at least 4 members (excludes halogenated alkanes) is 1. The van der Waals surface area contributed by atoms with Crippen LogP contribution in [-0.2, 0) is 10.1 Å². The lowest BCUT2D eigenvalue weighted by molar-refractivity contribution is 0.480. The molecule has 0 unspecified atom stereocenters. The molecular weight excluding hydrogens is 164 g/mol. The van der Waals surface area contributed by atoms with Crippen molar-refractivity contribution in [1.82, 2.24) is 0 Å². The minimum Gasteiger partial charge on any atom is -0.286 e. The fourth-order valence-electron chi connectivity index (χ4n) is 0.711. The number of hydrogen-bond donors (Lipinski definition) is 1. The third kappa shape index (κ3) is 9.65. The Morgan fingerprint density at radius 3 is 2.36 bits per heavy atom. The molecular formula is C7H14O3S. The Bertz CT molecular complexity index is 216. The summed E-state index contributed by atoms with van der Waals surface area (Å²) < 4.78 is 28.8. The van der Waals surface area contributed by atoms with Crippen molar-refractivity contribution < 1.29 is 13.0 Å². The SMILES string of the molecule is C=C(C)CCCCS(=O)(=O)O. The van der Waals surface area contributed by atoms with Gasteiger partial charge in [0.2, 0.25) is 0 Å². The Morgan fingerprint density at radius 2 is 2.00 bits per heavy atom. The molecule has 0 atom stereocenters. The first-order chi connectivity index (χ1) is 4.92. The summed E-state index contributed by atoms with van der Waals surface area (Å²) >= 11 is 0. The lowest BCUT2D eigenvalue weighted by atomic mass is 10.2. The van der Waals surface area contributed by atoms with Gasteiger partial charge in [0.15, 0.2) is 0 Å². The average Bonchev–Trinajstić information content (AvgIpc) is 1.78. The Balaban J connectivity index is 3.37. The third-order valence-corrected chi connectivity index (χ3v) is 2.06. The molecule has 0 saturated heterocycles. The van der Waals surface area contributed by atoms with E-state index in [0.29, 0.717) is 6.42 Å². The van der Waals surface area contributed by atoms with E-state index in [1.165, 1.54) is 0 Å². The second-order valence-corrected chi connectivity index (χ2v) is 4.27. The monoisotopic (exact) mass is 178 g/mol. The first-order valence-corrected chi connectivity index (χ1v) is 5.12. The van der Waals surface area contributed by atoms with Gasteiger partial charge in [-0.15, -0.1) is 6.58 Å². The van der Waals surface area contributed by atoms with E-state index in [9.17, 15) is 8.42 Å². The van der Waals surface area contributed by atoms with Gasteiger partial charge in [0.05, 0.1) is 5.75 Å². The summed E-state index contributed by atoms with van der Waals surface area (Å²) in [7, 11) is -3.75. The fourth-order valence-corrected chi connectivity index (χ4v) is 1.28. The largest absolute Gasteiger partial charge is 0.286 e. The molecule has 11 heavy (non-hydrogen) atoms. The summed E-state index contributed by atoms with van der Waals surface area (Å²) in [5.74, 6) is -0.139. The molecule has 0 aliphatic rings. The molecule has 1 N–H and O–H groups in total. The zero-order valence-corrected chi connectivity index (χ0v) is 7.52. The Labute approximate surface area is 67.9 Å². The van der Waals surface area contributed by atoms with Crippen LogP contribution >= 0.6 is 0 Å². The average molecular weight is 178 g/mol. The molecule has 0 aliphatic carbocycles. The van der Waals surface area contributed by atoms with Gasteiger partial charge in [0, 0.05) is 0 Å². The van der Waals surface area contributed by atoms with Crippen molar-refractivity contribution in [2.45, 2.75) is 26.2 Å². The molecule has 0 amide bonds. The minimum atomic E-state index is -3.75. The molecule has 0 aromatic heterocycles. The van der Waals surface area contributed by atoms with Crippen LogP contribution in [0.3, 0.4) is 0 Å². The van der Waals surface area contributed by atoms with Crippen LogP contribution in [0.1, 0.15) is 26.2 Å². The van der Waals surface area contributed by atoms with E-state index >= 15 is 0 Å². The number of hydrogen-bond acceptors (Lipinski definition) is 2. The van der Waals surface area contributed by atoms with Crippen LogP contribution in [0.25, 0.3) is 0 Å². The summed E-state index contributed by atoms with van der Waals surface area (Å²) in [5, 5.41) is 0. The highest BCUT2D eigenvalue weighted by Gasteiger charge is 2.02. The topological polar surface area (TPSA) is 54.4 Å². The van der Waals surface area contributed by atoms with Crippen molar-refractivity contribution in [2.24, 2.45) is 0 Å². The second-order valence-electron chi connectivity index (χ2n) is 2.70. The van der Waals surface area contributed by atoms with Gasteiger partial charge in [-0.2, -0.15) is 8.42 Å². The molecule has 0 saturated carbocycles. The molecule has 66 valence electrons. The zero-order valence-electron chi connectivity index (χ0n) is 6.71. The van der Waals surface area contributed by atoms with E-state index < -0.39 is 10.1 Å². The third-order valence-electron chi connectivity index (χ3n) is 1.26. The smallest absolute Gasteiger partial charge is 0.264 e. The predicted octanol–water partition coefficient (Wildman–Crippen LogP) is 1.62. The maximum atomic E-state index is 10.2. The number of allylic oxidation sites excluding steroid dienone is 1. The van der Waals surface area contributed by atoms with Crippen molar-refractivity contribution in [3.05, 3.63) is 12.2 Å². The molecule has 0 heterocycles. The van der Waals surface area contributed by atoms with Crippen molar-refractivity contribution in [3.8, 4) is 0 Å². The lowest BCUT2D eigenvalue weighted by Crippen LogP contribution is -2.03. The molecule has 0 fully saturated rings. The molecule has 0 rings (SSSR count). The Kier molecular flexibility index (Phi) is 4.37. The highest BCUT2D eigenvalue weighted by molar-refractivity contribution is 7.85. The zero-order chi connectivity index (χ0) is 8.91. The molecule has 0 aromatic rings. The van der Waals surface area contributed by atoms with E-state index in [1.807, 2.05) is 6.92 Å². The summed E-state index contributed by atoms with van der Waals surface area (Å²) in [4.78, 5) is 0. The van der Waals surface area contributed by atoms with Crippen LogP contribution in [0.2, 0.25) is 0 Å². The van der Waals surface area contributed by atoms with Gasteiger partial charge in [0.25, 0.3) is 10.1 Å². The summed E-state index contributed by atoms with van der Waals surface area (Å²) in [5.41, 5.74) is 1.04. The van der Waals surface area contributed by atoms with Gasteiger partial charge in [-0.3, -0.25) is 4.55 Å². The van der Waals surface area contributed by atoms with Gasteiger partial charge in [-0.1, -0.05) is 5.57 Å². The molecule has 0 radical (unpaired) electrons. The van der Waals surface area contributed by atoms with E-state index in [-0.39, 0.29) is 5.75 Å². The molecule has 0 aliphatic heterocycles. The molecule has 3 nitrogen and oxygen atoms in total. The van der Waals surface area contributed by atoms with Crippen molar-refractivity contribution in [2.75, 3.05) is 5.75 Å². The van der Waals surface area contributed by atoms with Gasteiger partial charge in [-0.05, 0) is 26.2 Å². The number of rotatable bonds is 5. The molecule has 0 bridgehead atoms. The Hall–Kier alpha value is -0.350. The van der Waals surface area contributed by atoms with Gasteiger partial charge < -0.3 is 0 Å². The molecule has 4 heteroatoms. The van der Waals surface area contributed by atoms with Crippen molar-refractivity contribution >= 4 is 10.1 Å². The van der Waals surface area contributed by atoms with Gasteiger partial charge in [-0.25, -0.2) is 0 Å². The van der Waals surface area contributed by atoms with Gasteiger partial charge in [0.1, 0.15) is 0 Å². The van der Waals surface area contributed by atoms with Crippen molar-refractivity contribution in [3.63, 3.8) is 0 Å². The predicted molar refractivity (Wildman–Crippen MR) is 45.1 cm³/mol. The van der Waals surface area contributed by atoms with Crippen LogP contribution in [0.4, 0.5) is 0 Å². The molecule has 0 spiro atoms. The fraction of sp³-hybridized carbons (Fsp3) is 0.714. The van der Waals surface area contributed by atoms with Crippen LogP contribution in [0.5, 0.6) is 0 Å². The Morgan fingerprint density at radius 1 is 1.45 bits per heavy atom. The first-order valence-electron chi connectivity index (χ1n) is 3.51. The van der Waals surface area contributed by atoms with Crippen LogP contribution in [0.15, 0.2) is 12.2 Å². The van der Waals surface area contributed by atoms with Crippen LogP contribution < -0.4 is 0 Å². The van der Waals surface area contributed by atoms with Crippen molar-refractivity contribution in [1.29, 1.82) is 0 Å². The quantitative estimate of drug-likeness (QED) is 0.395. The highest BCUT2D eigenvalue weighted by atomic mass is 32.2. The maximum Gasteiger partial charge on any atom is 0.264 e. The lowest BCUT2D eigenvalue weighted by Gasteiger charge is -1.97. The van der Waals surface area contributed by atoms with E-state index in [1.54, 1.807) is 0 Å². The normalized spacial score (nSPS) is 11.5. The standard InChI is InChI=1S/C7H14O3S/c1-7(2)5-3-4-6-11(8,9)10/h1,3-6H2,2H3,(H,8,9,10). The van der Waals surface area contributed by atoms with E-state index in [2.05, 4.69) is 6.58 Å². The summed E-state index contributed by atoms with van der Waals surface area (Å²) in [6.07, 6.45) is 2.11. The molecule has 0 aromatic carbocycles. The first kappa shape index (κ1) is 10.7.